The highest BCUT2D eigenvalue weighted by Crippen LogP contribution is 2.21. The molecule has 0 saturated carbocycles. The summed E-state index contributed by atoms with van der Waals surface area (Å²) in [6.45, 7) is 1.04. The smallest absolute Gasteiger partial charge is 0.309 e. The first-order valence-electron chi connectivity index (χ1n) is 5.40. The van der Waals surface area contributed by atoms with Crippen molar-refractivity contribution in [3.8, 4) is 0 Å². The summed E-state index contributed by atoms with van der Waals surface area (Å²) in [4.78, 5) is 32.1. The average Bonchev–Trinajstić information content (AvgIpc) is 2.36. The van der Waals surface area contributed by atoms with Crippen molar-refractivity contribution in [1.29, 1.82) is 0 Å². The molecule has 0 bridgehead atoms. The first-order valence-corrected chi connectivity index (χ1v) is 5.40. The number of nitro groups is 1. The molecule has 0 amide bonds. The van der Waals surface area contributed by atoms with Gasteiger partial charge in [0, 0.05) is 13.0 Å². The van der Waals surface area contributed by atoms with Crippen LogP contribution in [-0.2, 0) is 32.1 Å². The molecule has 19 heavy (non-hydrogen) atoms. The number of carbonyl (C=O) groups is 2. The number of nitro benzene ring substituents is 1. The highest BCUT2D eigenvalue weighted by Gasteiger charge is 2.16. The summed E-state index contributed by atoms with van der Waals surface area (Å²) in [5, 5.41) is 10.9. The summed E-state index contributed by atoms with van der Waals surface area (Å²) >= 11 is 0. The fraction of sp³-hybridized carbons (Fsp3) is 0.333. The number of hydrogen-bond donors (Lipinski definition) is 0. The highest BCUT2D eigenvalue weighted by atomic mass is 16.6. The van der Waals surface area contributed by atoms with Crippen molar-refractivity contribution in [3.63, 3.8) is 0 Å². The van der Waals surface area contributed by atoms with E-state index in [9.17, 15) is 19.7 Å². The minimum atomic E-state index is -0.584. The molecular weight excluding hydrogens is 254 g/mol. The summed E-state index contributed by atoms with van der Waals surface area (Å²) in [6, 6.07) is 4.29. The van der Waals surface area contributed by atoms with E-state index in [4.69, 9.17) is 4.74 Å². The number of esters is 2. The van der Waals surface area contributed by atoms with E-state index < -0.39 is 16.9 Å². The normalized spacial score (nSPS) is 9.79. The Morgan fingerprint density at radius 2 is 2.05 bits per heavy atom. The van der Waals surface area contributed by atoms with Crippen molar-refractivity contribution in [2.24, 2.45) is 0 Å². The maximum Gasteiger partial charge on any atom is 0.309 e. The lowest BCUT2D eigenvalue weighted by Gasteiger charge is -2.06. The highest BCUT2D eigenvalue weighted by molar-refractivity contribution is 5.72. The summed E-state index contributed by atoms with van der Waals surface area (Å²) in [5.74, 6) is -1.00. The molecule has 1 rings (SSSR count). The molecular formula is C12H13NO6. The van der Waals surface area contributed by atoms with Crippen LogP contribution in [0.3, 0.4) is 0 Å². The molecule has 0 unspecified atom stereocenters. The van der Waals surface area contributed by atoms with Gasteiger partial charge in [-0.05, 0) is 11.6 Å². The molecule has 102 valence electrons. The van der Waals surface area contributed by atoms with Crippen LogP contribution in [0.15, 0.2) is 18.2 Å². The molecule has 1 aromatic rings. The lowest BCUT2D eigenvalue weighted by atomic mass is 10.1. The first kappa shape index (κ1) is 14.6. The third kappa shape index (κ3) is 4.38. The van der Waals surface area contributed by atoms with Crippen LogP contribution >= 0.6 is 0 Å². The van der Waals surface area contributed by atoms with E-state index in [2.05, 4.69) is 4.74 Å². The maximum absolute atomic E-state index is 11.1. The largest absolute Gasteiger partial charge is 0.469 e. The van der Waals surface area contributed by atoms with Crippen molar-refractivity contribution in [1.82, 2.24) is 0 Å². The number of rotatable bonds is 5. The van der Waals surface area contributed by atoms with E-state index in [0.29, 0.717) is 5.56 Å². The van der Waals surface area contributed by atoms with Gasteiger partial charge in [-0.1, -0.05) is 6.07 Å². The molecule has 0 spiro atoms. The molecule has 7 nitrogen and oxygen atoms in total. The van der Waals surface area contributed by atoms with E-state index >= 15 is 0 Å². The average molecular weight is 267 g/mol. The molecule has 0 radical (unpaired) electrons. The molecule has 1 aromatic carbocycles. The molecule has 0 fully saturated rings. The minimum absolute atomic E-state index is 0.0504. The molecule has 0 aliphatic rings. The molecule has 0 atom stereocenters. The molecule has 0 aromatic heterocycles. The minimum Gasteiger partial charge on any atom is -0.469 e. The van der Waals surface area contributed by atoms with E-state index in [-0.39, 0.29) is 24.3 Å². The van der Waals surface area contributed by atoms with Crippen molar-refractivity contribution in [3.05, 3.63) is 39.4 Å². The summed E-state index contributed by atoms with van der Waals surface area (Å²) in [5.41, 5.74) is 0.543. The molecule has 0 heterocycles. The Labute approximate surface area is 109 Å². The number of methoxy groups -OCH3 is 1. The first-order chi connectivity index (χ1) is 8.93. The van der Waals surface area contributed by atoms with Crippen molar-refractivity contribution < 1.29 is 24.0 Å². The number of nitrogens with zero attached hydrogens (tertiary/aromatic N) is 1. The standard InChI is InChI=1S/C12H13NO6/c1-8(14)19-7-10-4-3-9(6-12(15)18-2)5-11(10)13(16)17/h3-5H,6-7H2,1-2H3. The molecule has 0 saturated heterocycles. The van der Waals surface area contributed by atoms with Crippen molar-refractivity contribution >= 4 is 17.6 Å². The monoisotopic (exact) mass is 267 g/mol. The van der Waals surface area contributed by atoms with Crippen LogP contribution in [-0.4, -0.2) is 24.0 Å². The van der Waals surface area contributed by atoms with Crippen LogP contribution in [0.2, 0.25) is 0 Å². The molecule has 0 aliphatic heterocycles. The van der Waals surface area contributed by atoms with Gasteiger partial charge < -0.3 is 9.47 Å². The zero-order valence-corrected chi connectivity index (χ0v) is 10.5. The Balaban J connectivity index is 2.97. The third-order valence-corrected chi connectivity index (χ3v) is 2.35. The second kappa shape index (κ2) is 6.48. The Bertz CT molecular complexity index is 511. The number of ether oxygens (including phenoxy) is 2. The van der Waals surface area contributed by atoms with Crippen LogP contribution < -0.4 is 0 Å². The van der Waals surface area contributed by atoms with Gasteiger partial charge in [-0.2, -0.15) is 0 Å². The van der Waals surface area contributed by atoms with Gasteiger partial charge in [-0.3, -0.25) is 19.7 Å². The topological polar surface area (TPSA) is 95.7 Å². The lowest BCUT2D eigenvalue weighted by molar-refractivity contribution is -0.385. The van der Waals surface area contributed by atoms with Gasteiger partial charge in [0.15, 0.2) is 0 Å². The summed E-state index contributed by atoms with van der Waals surface area (Å²) in [7, 11) is 1.24. The van der Waals surface area contributed by atoms with E-state index in [0.717, 1.165) is 0 Å². The third-order valence-electron chi connectivity index (χ3n) is 2.35. The second-order valence-corrected chi connectivity index (χ2v) is 3.75. The zero-order chi connectivity index (χ0) is 14.4. The van der Waals surface area contributed by atoms with Gasteiger partial charge >= 0.3 is 11.9 Å². The van der Waals surface area contributed by atoms with E-state index in [1.807, 2.05) is 0 Å². The number of hydrogen-bond acceptors (Lipinski definition) is 6. The fourth-order valence-electron chi connectivity index (χ4n) is 1.43. The number of carbonyl (C=O) groups excluding carboxylic acids is 2. The van der Waals surface area contributed by atoms with Crippen LogP contribution in [0.5, 0.6) is 0 Å². The number of benzene rings is 1. The van der Waals surface area contributed by atoms with Crippen molar-refractivity contribution in [2.75, 3.05) is 7.11 Å². The summed E-state index contributed by atoms with van der Waals surface area (Å²) < 4.78 is 9.21. The van der Waals surface area contributed by atoms with E-state index in [1.54, 1.807) is 6.07 Å². The Hall–Kier alpha value is -2.44. The van der Waals surface area contributed by atoms with Gasteiger partial charge in [-0.25, -0.2) is 0 Å². The van der Waals surface area contributed by atoms with Gasteiger partial charge in [0.25, 0.3) is 5.69 Å². The van der Waals surface area contributed by atoms with E-state index in [1.165, 1.54) is 26.2 Å². The Morgan fingerprint density at radius 1 is 1.37 bits per heavy atom. The summed E-state index contributed by atoms with van der Waals surface area (Å²) in [6.07, 6.45) is -0.0504. The quantitative estimate of drug-likeness (QED) is 0.454. The van der Waals surface area contributed by atoms with Crippen LogP contribution in [0.25, 0.3) is 0 Å². The van der Waals surface area contributed by atoms with Crippen molar-refractivity contribution in [2.45, 2.75) is 20.0 Å². The van der Waals surface area contributed by atoms with Crippen LogP contribution in [0.1, 0.15) is 18.1 Å². The zero-order valence-electron chi connectivity index (χ0n) is 10.5. The predicted molar refractivity (Wildman–Crippen MR) is 64.3 cm³/mol. The second-order valence-electron chi connectivity index (χ2n) is 3.75. The molecule has 7 heteroatoms. The van der Waals surface area contributed by atoms with Gasteiger partial charge in [0.2, 0.25) is 0 Å². The predicted octanol–water partition coefficient (Wildman–Crippen LogP) is 1.37. The SMILES string of the molecule is COC(=O)Cc1ccc(COC(C)=O)c([N+](=O)[O-])c1. The van der Waals surface area contributed by atoms with Gasteiger partial charge in [0.05, 0.1) is 24.0 Å². The fourth-order valence-corrected chi connectivity index (χ4v) is 1.43. The van der Waals surface area contributed by atoms with Gasteiger partial charge in [-0.15, -0.1) is 0 Å². The Morgan fingerprint density at radius 3 is 2.58 bits per heavy atom. The van der Waals surface area contributed by atoms with Gasteiger partial charge in [0.1, 0.15) is 6.61 Å². The lowest BCUT2D eigenvalue weighted by Crippen LogP contribution is -2.06. The molecule has 0 N–H and O–H groups in total. The van der Waals surface area contributed by atoms with Crippen LogP contribution in [0, 0.1) is 10.1 Å². The maximum atomic E-state index is 11.1. The molecule has 0 aliphatic carbocycles. The Kier molecular flexibility index (Phi) is 4.99. The van der Waals surface area contributed by atoms with Crippen LogP contribution in [0.4, 0.5) is 5.69 Å².